The Kier molecular flexibility index (Phi) is 8.70. The number of benzene rings is 1. The fraction of sp³-hybridized carbons (Fsp3) is 0.290. The zero-order valence-electron chi connectivity index (χ0n) is 23.0. The van der Waals surface area contributed by atoms with Gasteiger partial charge in [-0.1, -0.05) is 35.6 Å². The fourth-order valence-electron chi connectivity index (χ4n) is 4.49. The van der Waals surface area contributed by atoms with Crippen molar-refractivity contribution in [1.29, 1.82) is 0 Å². The third-order valence-corrected chi connectivity index (χ3v) is 8.05. The van der Waals surface area contributed by atoms with E-state index < -0.39 is 6.04 Å². The van der Waals surface area contributed by atoms with Crippen LogP contribution in [0, 0.1) is 44.5 Å². The Bertz CT molecular complexity index is 1740. The number of nitrogens with two attached hydrogens (primary N) is 1. The SMILES string of the molecule is Cc1sc2c(c1C)C(c1ccc(Cl)cc1)=N[C@@H](CC(=O)NCCC#Cc1ccc(C#CCCN)o1)c1nnc(C)n1-2. The van der Waals surface area contributed by atoms with Crippen molar-refractivity contribution in [2.24, 2.45) is 10.7 Å². The Hall–Kier alpha value is -4.15. The van der Waals surface area contributed by atoms with Crippen molar-refractivity contribution in [2.75, 3.05) is 13.1 Å². The summed E-state index contributed by atoms with van der Waals surface area (Å²) in [5.74, 6) is 14.2. The van der Waals surface area contributed by atoms with Gasteiger partial charge in [-0.2, -0.15) is 0 Å². The van der Waals surface area contributed by atoms with Crippen LogP contribution in [0.5, 0.6) is 0 Å². The number of carbonyl (C=O) groups is 1. The molecule has 1 amide bonds. The number of furan rings is 1. The van der Waals surface area contributed by atoms with Crippen molar-refractivity contribution in [3.05, 3.63) is 86.2 Å². The number of nitrogens with zero attached hydrogens (tertiary/aromatic N) is 4. The summed E-state index contributed by atoms with van der Waals surface area (Å²) >= 11 is 7.86. The lowest BCUT2D eigenvalue weighted by Crippen LogP contribution is -2.26. The van der Waals surface area contributed by atoms with Crippen LogP contribution in [0.3, 0.4) is 0 Å². The number of aryl methyl sites for hydroxylation is 2. The highest BCUT2D eigenvalue weighted by molar-refractivity contribution is 7.15. The van der Waals surface area contributed by atoms with Crippen molar-refractivity contribution in [3.63, 3.8) is 0 Å². The number of hydrogen-bond acceptors (Lipinski definition) is 7. The summed E-state index contributed by atoms with van der Waals surface area (Å²) in [6.07, 6.45) is 1.20. The Balaban J connectivity index is 1.33. The van der Waals surface area contributed by atoms with Gasteiger partial charge in [-0.25, -0.2) is 0 Å². The smallest absolute Gasteiger partial charge is 0.222 e. The lowest BCUT2D eigenvalue weighted by molar-refractivity contribution is -0.121. The van der Waals surface area contributed by atoms with Crippen molar-refractivity contribution in [3.8, 4) is 28.7 Å². The topological polar surface area (TPSA) is 111 Å². The average Bonchev–Trinajstić information content (AvgIpc) is 3.62. The van der Waals surface area contributed by atoms with Gasteiger partial charge < -0.3 is 15.5 Å². The molecule has 208 valence electrons. The number of thiophene rings is 1. The number of fused-ring (bicyclic) bond motifs is 3. The molecule has 0 fully saturated rings. The summed E-state index contributed by atoms with van der Waals surface area (Å²) in [6, 6.07) is 10.7. The molecule has 10 heteroatoms. The van der Waals surface area contributed by atoms with Crippen molar-refractivity contribution >= 4 is 34.6 Å². The van der Waals surface area contributed by atoms with E-state index in [0.717, 1.165) is 33.2 Å². The Labute approximate surface area is 248 Å². The van der Waals surface area contributed by atoms with E-state index >= 15 is 0 Å². The molecule has 0 saturated carbocycles. The van der Waals surface area contributed by atoms with E-state index in [2.05, 4.69) is 53.0 Å². The Morgan fingerprint density at radius 3 is 2.49 bits per heavy atom. The second kappa shape index (κ2) is 12.6. The van der Waals surface area contributed by atoms with E-state index in [9.17, 15) is 4.79 Å². The largest absolute Gasteiger partial charge is 0.439 e. The molecule has 3 N–H and O–H groups in total. The van der Waals surface area contributed by atoms with E-state index in [0.29, 0.717) is 48.3 Å². The minimum absolute atomic E-state index is 0.124. The van der Waals surface area contributed by atoms with E-state index in [1.807, 2.05) is 35.8 Å². The van der Waals surface area contributed by atoms with Crippen LogP contribution in [0.1, 0.15) is 70.0 Å². The fourth-order valence-corrected chi connectivity index (χ4v) is 5.83. The molecule has 8 nitrogen and oxygen atoms in total. The van der Waals surface area contributed by atoms with Gasteiger partial charge in [0.05, 0.1) is 12.1 Å². The molecule has 0 radical (unpaired) electrons. The van der Waals surface area contributed by atoms with Gasteiger partial charge in [0.1, 0.15) is 16.9 Å². The number of amides is 1. The van der Waals surface area contributed by atoms with Crippen LogP contribution in [-0.2, 0) is 4.79 Å². The molecule has 4 aromatic rings. The first-order chi connectivity index (χ1) is 19.9. The zero-order valence-corrected chi connectivity index (χ0v) is 24.6. The summed E-state index contributed by atoms with van der Waals surface area (Å²) in [4.78, 5) is 19.4. The highest BCUT2D eigenvalue weighted by Crippen LogP contribution is 2.39. The van der Waals surface area contributed by atoms with Gasteiger partial charge in [0.25, 0.3) is 0 Å². The average molecular weight is 585 g/mol. The maximum atomic E-state index is 13.1. The van der Waals surface area contributed by atoms with Gasteiger partial charge >= 0.3 is 0 Å². The molecule has 0 spiro atoms. The van der Waals surface area contributed by atoms with Crippen molar-refractivity contribution in [1.82, 2.24) is 20.1 Å². The Morgan fingerprint density at radius 1 is 1.07 bits per heavy atom. The molecule has 1 aliphatic rings. The third-order valence-electron chi connectivity index (χ3n) is 6.61. The summed E-state index contributed by atoms with van der Waals surface area (Å²) in [5, 5.41) is 13.4. The number of aromatic nitrogens is 3. The Morgan fingerprint density at radius 2 is 1.78 bits per heavy atom. The van der Waals surface area contributed by atoms with Crippen LogP contribution >= 0.6 is 22.9 Å². The molecular formula is C31H29ClN6O2S. The molecule has 1 atom stereocenters. The molecule has 0 saturated heterocycles. The first-order valence-corrected chi connectivity index (χ1v) is 14.5. The van der Waals surface area contributed by atoms with Crippen molar-refractivity contribution in [2.45, 2.75) is 46.1 Å². The van der Waals surface area contributed by atoms with E-state index in [1.165, 1.54) is 4.88 Å². The number of halogens is 1. The highest BCUT2D eigenvalue weighted by atomic mass is 35.5. The minimum atomic E-state index is -0.519. The summed E-state index contributed by atoms with van der Waals surface area (Å²) < 4.78 is 7.62. The lowest BCUT2D eigenvalue weighted by Gasteiger charge is -2.13. The number of aliphatic imine (C=N–C) groups is 1. The molecule has 5 rings (SSSR count). The van der Waals surface area contributed by atoms with Crippen LogP contribution in [-0.4, -0.2) is 39.5 Å². The quantitative estimate of drug-likeness (QED) is 0.244. The summed E-state index contributed by atoms with van der Waals surface area (Å²) in [6.45, 7) is 7.03. The predicted molar refractivity (Wildman–Crippen MR) is 162 cm³/mol. The molecule has 0 bridgehead atoms. The van der Waals surface area contributed by atoms with Crippen LogP contribution in [0.2, 0.25) is 5.02 Å². The van der Waals surface area contributed by atoms with Gasteiger partial charge in [-0.3, -0.25) is 14.4 Å². The van der Waals surface area contributed by atoms with E-state index in [1.54, 1.807) is 23.5 Å². The number of nitrogens with one attached hydrogen (secondary N) is 1. The molecule has 3 aromatic heterocycles. The van der Waals surface area contributed by atoms with Gasteiger partial charge in [-0.15, -0.1) is 21.5 Å². The highest BCUT2D eigenvalue weighted by Gasteiger charge is 2.32. The summed E-state index contributed by atoms with van der Waals surface area (Å²) in [5.41, 5.74) is 9.38. The molecule has 1 aliphatic heterocycles. The predicted octanol–water partition coefficient (Wildman–Crippen LogP) is 5.04. The van der Waals surface area contributed by atoms with E-state index in [-0.39, 0.29) is 12.3 Å². The number of rotatable bonds is 6. The van der Waals surface area contributed by atoms with Crippen LogP contribution in [0.15, 0.2) is 45.8 Å². The van der Waals surface area contributed by atoms with E-state index in [4.69, 9.17) is 26.7 Å². The first kappa shape index (κ1) is 28.4. The first-order valence-electron chi connectivity index (χ1n) is 13.3. The molecular weight excluding hydrogens is 556 g/mol. The standard InChI is InChI=1S/C31H29ClN6O2S/c1-19-20(2)41-31-28(19)29(22-10-12-23(32)13-11-22)35-26(30-37-36-21(3)38(30)31)18-27(39)34-17-7-5-9-25-15-14-24(40-25)8-4-6-16-33/h10-15,26H,6-7,16-18,33H2,1-3H3,(H,34,39)/t26-/m0/s1. The number of hydrogen-bond donors (Lipinski definition) is 2. The van der Waals surface area contributed by atoms with Crippen molar-refractivity contribution < 1.29 is 9.21 Å². The molecule has 0 unspecified atom stereocenters. The maximum Gasteiger partial charge on any atom is 0.222 e. The third kappa shape index (κ3) is 6.28. The maximum absolute atomic E-state index is 13.1. The van der Waals surface area contributed by atoms with Gasteiger partial charge in [0.2, 0.25) is 5.91 Å². The van der Waals surface area contributed by atoms with Gasteiger partial charge in [0, 0.05) is 47.0 Å². The molecule has 4 heterocycles. The van der Waals surface area contributed by atoms with Crippen LogP contribution < -0.4 is 11.1 Å². The van der Waals surface area contributed by atoms with Crippen LogP contribution in [0.4, 0.5) is 0 Å². The second-order valence-electron chi connectivity index (χ2n) is 9.51. The molecule has 1 aromatic carbocycles. The van der Waals surface area contributed by atoms with Crippen LogP contribution in [0.25, 0.3) is 5.00 Å². The normalized spacial score (nSPS) is 13.6. The lowest BCUT2D eigenvalue weighted by atomic mass is 9.99. The molecule has 0 aliphatic carbocycles. The minimum Gasteiger partial charge on any atom is -0.439 e. The summed E-state index contributed by atoms with van der Waals surface area (Å²) in [7, 11) is 0. The van der Waals surface area contributed by atoms with Gasteiger partial charge in [0.15, 0.2) is 17.3 Å². The zero-order chi connectivity index (χ0) is 28.9. The molecule has 41 heavy (non-hydrogen) atoms. The number of carbonyl (C=O) groups excluding carboxylic acids is 1. The second-order valence-corrected chi connectivity index (χ2v) is 11.2. The van der Waals surface area contributed by atoms with Gasteiger partial charge in [-0.05, 0) is 62.4 Å². The monoisotopic (exact) mass is 584 g/mol.